The van der Waals surface area contributed by atoms with Crippen molar-refractivity contribution in [1.29, 1.82) is 0 Å². The molecule has 0 heterocycles. The van der Waals surface area contributed by atoms with E-state index in [-0.39, 0.29) is 5.91 Å². The van der Waals surface area contributed by atoms with Gasteiger partial charge in [0, 0.05) is 16.9 Å². The van der Waals surface area contributed by atoms with E-state index in [9.17, 15) is 4.79 Å². The van der Waals surface area contributed by atoms with Crippen LogP contribution >= 0.6 is 15.9 Å². The maximum absolute atomic E-state index is 11.8. The van der Waals surface area contributed by atoms with Crippen molar-refractivity contribution in [2.24, 2.45) is 17.8 Å². The molecule has 1 N–H and O–H groups in total. The summed E-state index contributed by atoms with van der Waals surface area (Å²) in [5.41, 5.74) is 0. The molecule has 0 aromatic heterocycles. The first kappa shape index (κ1) is 10.2. The van der Waals surface area contributed by atoms with Crippen LogP contribution < -0.4 is 5.32 Å². The molecule has 0 saturated heterocycles. The predicted octanol–water partition coefficient (Wildman–Crippen LogP) is 2.45. The molecule has 2 saturated carbocycles. The number of amides is 1. The van der Waals surface area contributed by atoms with Gasteiger partial charge < -0.3 is 5.32 Å². The molecule has 2 aliphatic carbocycles. The smallest absolute Gasteiger partial charge is 0.223 e. The molecule has 0 aliphatic heterocycles. The van der Waals surface area contributed by atoms with Gasteiger partial charge in [-0.2, -0.15) is 0 Å². The lowest BCUT2D eigenvalue weighted by atomic mass is 9.88. The first-order chi connectivity index (χ1) is 6.66. The van der Waals surface area contributed by atoms with Crippen LogP contribution in [0.1, 0.15) is 25.7 Å². The summed E-state index contributed by atoms with van der Waals surface area (Å²) in [6, 6.07) is 0. The fourth-order valence-electron chi connectivity index (χ4n) is 2.88. The number of hydrogen-bond acceptors (Lipinski definition) is 1. The summed E-state index contributed by atoms with van der Waals surface area (Å²) in [7, 11) is 0. The lowest BCUT2D eigenvalue weighted by molar-refractivity contribution is -0.126. The normalized spacial score (nSPS) is 34.5. The van der Waals surface area contributed by atoms with Crippen LogP contribution in [0.2, 0.25) is 0 Å². The summed E-state index contributed by atoms with van der Waals surface area (Å²) in [5.74, 6) is 2.03. The number of halogens is 1. The Morgan fingerprint density at radius 1 is 1.43 bits per heavy atom. The van der Waals surface area contributed by atoms with Gasteiger partial charge in [-0.3, -0.25) is 4.79 Å². The molecule has 3 heteroatoms. The van der Waals surface area contributed by atoms with Gasteiger partial charge in [-0.25, -0.2) is 0 Å². The number of hydrogen-bond donors (Lipinski definition) is 1. The lowest BCUT2D eigenvalue weighted by Gasteiger charge is -2.20. The summed E-state index contributed by atoms with van der Waals surface area (Å²) in [6.07, 6.45) is 5.01. The Labute approximate surface area is 93.3 Å². The second kappa shape index (κ2) is 4.05. The maximum atomic E-state index is 11.8. The lowest BCUT2D eigenvalue weighted by Crippen LogP contribution is -2.34. The third kappa shape index (κ3) is 2.02. The van der Waals surface area contributed by atoms with Gasteiger partial charge in [0.15, 0.2) is 0 Å². The summed E-state index contributed by atoms with van der Waals surface area (Å²) in [4.78, 5) is 11.8. The fraction of sp³-hybridized carbons (Fsp3) is 0.727. The van der Waals surface area contributed by atoms with Crippen LogP contribution in [0.3, 0.4) is 0 Å². The molecule has 3 unspecified atom stereocenters. The zero-order chi connectivity index (χ0) is 10.1. The topological polar surface area (TPSA) is 29.1 Å². The summed E-state index contributed by atoms with van der Waals surface area (Å²) < 4.78 is 0.842. The highest BCUT2D eigenvalue weighted by atomic mass is 79.9. The van der Waals surface area contributed by atoms with Crippen LogP contribution in [-0.4, -0.2) is 12.5 Å². The van der Waals surface area contributed by atoms with Crippen LogP contribution in [0.25, 0.3) is 0 Å². The second-order valence-corrected chi connectivity index (χ2v) is 5.64. The summed E-state index contributed by atoms with van der Waals surface area (Å²) in [5, 5.41) is 2.92. The van der Waals surface area contributed by atoms with E-state index in [1.54, 1.807) is 0 Å². The minimum Gasteiger partial charge on any atom is -0.351 e. The first-order valence-corrected chi connectivity index (χ1v) is 6.07. The zero-order valence-corrected chi connectivity index (χ0v) is 9.85. The molecule has 78 valence electrons. The van der Waals surface area contributed by atoms with Crippen molar-refractivity contribution in [3.63, 3.8) is 0 Å². The fourth-order valence-corrected chi connectivity index (χ4v) is 3.02. The van der Waals surface area contributed by atoms with E-state index in [4.69, 9.17) is 0 Å². The van der Waals surface area contributed by atoms with Crippen molar-refractivity contribution in [3.05, 3.63) is 11.1 Å². The van der Waals surface area contributed by atoms with Gasteiger partial charge in [0.05, 0.1) is 0 Å². The van der Waals surface area contributed by atoms with E-state index in [2.05, 4.69) is 27.8 Å². The van der Waals surface area contributed by atoms with E-state index >= 15 is 0 Å². The third-order valence-electron chi connectivity index (χ3n) is 3.53. The Balaban J connectivity index is 1.84. The van der Waals surface area contributed by atoms with Gasteiger partial charge in [-0.05, 0) is 31.1 Å². The van der Waals surface area contributed by atoms with Gasteiger partial charge in [0.25, 0.3) is 0 Å². The summed E-state index contributed by atoms with van der Waals surface area (Å²) in [6.45, 7) is 4.27. The highest BCUT2D eigenvalue weighted by Crippen LogP contribution is 2.48. The van der Waals surface area contributed by atoms with E-state index in [1.807, 2.05) is 0 Å². The molecule has 2 aliphatic rings. The summed E-state index contributed by atoms with van der Waals surface area (Å²) >= 11 is 3.24. The highest BCUT2D eigenvalue weighted by Gasteiger charge is 2.42. The Bertz CT molecular complexity index is 264. The molecule has 0 radical (unpaired) electrons. The molecule has 3 atom stereocenters. The minimum absolute atomic E-state index is 0.234. The molecular formula is C11H16BrNO. The van der Waals surface area contributed by atoms with Gasteiger partial charge in [-0.1, -0.05) is 28.9 Å². The largest absolute Gasteiger partial charge is 0.351 e. The van der Waals surface area contributed by atoms with Crippen LogP contribution in [0.15, 0.2) is 11.1 Å². The van der Waals surface area contributed by atoms with E-state index in [1.165, 1.54) is 19.3 Å². The molecule has 2 bridgehead atoms. The SMILES string of the molecule is C=C(Br)CNC(=O)C1CC2CCC1C2. The van der Waals surface area contributed by atoms with Gasteiger partial charge in [0.2, 0.25) is 5.91 Å². The number of fused-ring (bicyclic) bond motifs is 2. The van der Waals surface area contributed by atoms with Crippen molar-refractivity contribution in [2.45, 2.75) is 25.7 Å². The molecule has 2 fully saturated rings. The van der Waals surface area contributed by atoms with Crippen molar-refractivity contribution in [2.75, 3.05) is 6.54 Å². The molecule has 0 aromatic carbocycles. The maximum Gasteiger partial charge on any atom is 0.223 e. The van der Waals surface area contributed by atoms with Gasteiger partial charge >= 0.3 is 0 Å². The average molecular weight is 258 g/mol. The Morgan fingerprint density at radius 3 is 2.71 bits per heavy atom. The number of carbonyl (C=O) groups is 1. The van der Waals surface area contributed by atoms with E-state index in [0.717, 1.165) is 16.8 Å². The minimum atomic E-state index is 0.234. The molecule has 1 amide bonds. The van der Waals surface area contributed by atoms with Crippen molar-refractivity contribution < 1.29 is 4.79 Å². The Morgan fingerprint density at radius 2 is 2.21 bits per heavy atom. The third-order valence-corrected chi connectivity index (χ3v) is 3.81. The monoisotopic (exact) mass is 257 g/mol. The predicted molar refractivity (Wildman–Crippen MR) is 60.0 cm³/mol. The molecule has 0 aromatic rings. The Hall–Kier alpha value is -0.310. The number of rotatable bonds is 3. The van der Waals surface area contributed by atoms with Crippen molar-refractivity contribution >= 4 is 21.8 Å². The van der Waals surface area contributed by atoms with E-state index < -0.39 is 0 Å². The zero-order valence-electron chi connectivity index (χ0n) is 8.26. The average Bonchev–Trinajstić information content (AvgIpc) is 2.74. The van der Waals surface area contributed by atoms with Gasteiger partial charge in [0.1, 0.15) is 0 Å². The molecule has 14 heavy (non-hydrogen) atoms. The molecular weight excluding hydrogens is 242 g/mol. The van der Waals surface area contributed by atoms with Crippen LogP contribution in [0, 0.1) is 17.8 Å². The highest BCUT2D eigenvalue weighted by molar-refractivity contribution is 9.11. The van der Waals surface area contributed by atoms with Crippen LogP contribution in [0.5, 0.6) is 0 Å². The Kier molecular flexibility index (Phi) is 2.96. The molecule has 2 nitrogen and oxygen atoms in total. The van der Waals surface area contributed by atoms with Crippen molar-refractivity contribution in [1.82, 2.24) is 5.32 Å². The first-order valence-electron chi connectivity index (χ1n) is 5.28. The number of carbonyl (C=O) groups excluding carboxylic acids is 1. The quantitative estimate of drug-likeness (QED) is 0.827. The van der Waals surface area contributed by atoms with Crippen LogP contribution in [-0.2, 0) is 4.79 Å². The second-order valence-electron chi connectivity index (χ2n) is 4.52. The number of nitrogens with one attached hydrogen (secondary N) is 1. The van der Waals surface area contributed by atoms with Crippen LogP contribution in [0.4, 0.5) is 0 Å². The molecule has 2 rings (SSSR count). The standard InChI is InChI=1S/C11H16BrNO/c1-7(12)6-13-11(14)10-5-8-2-3-9(10)4-8/h8-10H,1-6H2,(H,13,14). The van der Waals surface area contributed by atoms with Crippen molar-refractivity contribution in [3.8, 4) is 0 Å². The van der Waals surface area contributed by atoms with Gasteiger partial charge in [-0.15, -0.1) is 0 Å². The van der Waals surface area contributed by atoms with E-state index in [0.29, 0.717) is 18.4 Å². The molecule has 0 spiro atoms.